The van der Waals surface area contributed by atoms with Crippen molar-refractivity contribution in [3.8, 4) is 11.5 Å². The molecule has 6 heteroatoms. The van der Waals surface area contributed by atoms with Gasteiger partial charge in [-0.2, -0.15) is 0 Å². The number of nitrogens with one attached hydrogen (secondary N) is 1. The highest BCUT2D eigenvalue weighted by Gasteiger charge is 2.25. The summed E-state index contributed by atoms with van der Waals surface area (Å²) >= 11 is 0. The number of piperidine rings is 1. The van der Waals surface area contributed by atoms with Gasteiger partial charge in [0.25, 0.3) is 11.8 Å². The minimum atomic E-state index is -0.0156. The summed E-state index contributed by atoms with van der Waals surface area (Å²) in [6.45, 7) is 4.03. The monoisotopic (exact) mass is 422 g/mol. The minimum Gasteiger partial charge on any atom is -0.497 e. The number of nitrogens with zero attached hydrogens (tertiary/aromatic N) is 1. The fourth-order valence-electron chi connectivity index (χ4n) is 3.89. The molecule has 0 spiro atoms. The molecule has 0 aromatic heterocycles. The first-order valence-corrected chi connectivity index (χ1v) is 11.0. The van der Waals surface area contributed by atoms with E-state index in [1.54, 1.807) is 7.11 Å². The second-order valence-corrected chi connectivity index (χ2v) is 8.50. The Kier molecular flexibility index (Phi) is 6.44. The van der Waals surface area contributed by atoms with Crippen molar-refractivity contribution in [2.24, 2.45) is 5.92 Å². The molecule has 1 heterocycles. The van der Waals surface area contributed by atoms with E-state index < -0.39 is 0 Å². The topological polar surface area (TPSA) is 67.9 Å². The van der Waals surface area contributed by atoms with Gasteiger partial charge in [0.05, 0.1) is 13.7 Å². The molecule has 1 aliphatic carbocycles. The van der Waals surface area contributed by atoms with Crippen molar-refractivity contribution >= 4 is 11.8 Å². The Hall–Kier alpha value is -3.02. The lowest BCUT2D eigenvalue weighted by Crippen LogP contribution is -2.40. The molecule has 1 N–H and O–H groups in total. The highest BCUT2D eigenvalue weighted by Crippen LogP contribution is 2.24. The highest BCUT2D eigenvalue weighted by molar-refractivity contribution is 5.96. The third-order valence-corrected chi connectivity index (χ3v) is 6.08. The van der Waals surface area contributed by atoms with Gasteiger partial charge in [-0.05, 0) is 86.6 Å². The van der Waals surface area contributed by atoms with Crippen LogP contribution in [-0.2, 0) is 0 Å². The van der Waals surface area contributed by atoms with Crippen LogP contribution in [0.25, 0.3) is 0 Å². The zero-order chi connectivity index (χ0) is 21.8. The fourth-order valence-corrected chi connectivity index (χ4v) is 3.89. The molecule has 0 atom stereocenters. The average Bonchev–Trinajstić information content (AvgIpc) is 3.62. The third kappa shape index (κ3) is 5.37. The molecule has 6 nitrogen and oxygen atoms in total. The minimum absolute atomic E-state index is 0.0156. The molecule has 2 fully saturated rings. The van der Waals surface area contributed by atoms with Gasteiger partial charge in [-0.1, -0.05) is 0 Å². The molecule has 2 amide bonds. The van der Waals surface area contributed by atoms with Crippen LogP contribution in [-0.4, -0.2) is 49.6 Å². The van der Waals surface area contributed by atoms with Gasteiger partial charge < -0.3 is 19.7 Å². The zero-order valence-electron chi connectivity index (χ0n) is 18.2. The summed E-state index contributed by atoms with van der Waals surface area (Å²) in [6, 6.07) is 13.3. The standard InChI is InChI=1S/C25H30N2O4/c1-17-15-22(30-2)9-10-23(17)25(29)27-13-11-18(12-14-27)16-31-21-7-3-19(4-8-21)24(28)26-20-5-6-20/h3-4,7-10,15,18,20H,5-6,11-14,16H2,1-2H3,(H,26,28). The van der Waals surface area contributed by atoms with E-state index in [4.69, 9.17) is 9.47 Å². The van der Waals surface area contributed by atoms with Crippen LogP contribution in [0, 0.1) is 12.8 Å². The molecule has 1 saturated carbocycles. The van der Waals surface area contributed by atoms with Crippen molar-refractivity contribution in [3.05, 3.63) is 59.2 Å². The molecule has 0 unspecified atom stereocenters. The Balaban J connectivity index is 1.23. The number of methoxy groups -OCH3 is 1. The third-order valence-electron chi connectivity index (χ3n) is 6.08. The molecule has 2 aromatic rings. The maximum atomic E-state index is 12.9. The van der Waals surface area contributed by atoms with Crippen LogP contribution in [0.5, 0.6) is 11.5 Å². The second-order valence-electron chi connectivity index (χ2n) is 8.50. The summed E-state index contributed by atoms with van der Waals surface area (Å²) in [7, 11) is 1.63. The van der Waals surface area contributed by atoms with Crippen molar-refractivity contribution in [3.63, 3.8) is 0 Å². The van der Waals surface area contributed by atoms with Crippen LogP contribution < -0.4 is 14.8 Å². The van der Waals surface area contributed by atoms with Crippen LogP contribution in [0.3, 0.4) is 0 Å². The van der Waals surface area contributed by atoms with Crippen molar-refractivity contribution in [1.29, 1.82) is 0 Å². The molecule has 2 aromatic carbocycles. The molecule has 0 radical (unpaired) electrons. The van der Waals surface area contributed by atoms with Crippen molar-refractivity contribution in [1.82, 2.24) is 10.2 Å². The summed E-state index contributed by atoms with van der Waals surface area (Å²) < 4.78 is 11.2. The number of aryl methyl sites for hydroxylation is 1. The quantitative estimate of drug-likeness (QED) is 0.736. The Morgan fingerprint density at radius 2 is 1.68 bits per heavy atom. The van der Waals surface area contributed by atoms with Gasteiger partial charge in [0.2, 0.25) is 0 Å². The maximum Gasteiger partial charge on any atom is 0.254 e. The number of rotatable bonds is 7. The Morgan fingerprint density at radius 3 is 2.29 bits per heavy atom. The van der Waals surface area contributed by atoms with Gasteiger partial charge in [0.1, 0.15) is 11.5 Å². The smallest absolute Gasteiger partial charge is 0.254 e. The molecule has 4 rings (SSSR count). The molecule has 164 valence electrons. The lowest BCUT2D eigenvalue weighted by Gasteiger charge is -2.32. The number of likely N-dealkylation sites (tertiary alicyclic amines) is 1. The van der Waals surface area contributed by atoms with E-state index >= 15 is 0 Å². The Morgan fingerprint density at radius 1 is 1.00 bits per heavy atom. The predicted molar refractivity (Wildman–Crippen MR) is 119 cm³/mol. The average molecular weight is 423 g/mol. The van der Waals surface area contributed by atoms with Gasteiger partial charge in [-0.15, -0.1) is 0 Å². The van der Waals surface area contributed by atoms with E-state index in [2.05, 4.69) is 5.32 Å². The lowest BCUT2D eigenvalue weighted by molar-refractivity contribution is 0.0660. The molecule has 1 aliphatic heterocycles. The number of benzene rings is 2. The van der Waals surface area contributed by atoms with Gasteiger partial charge in [0, 0.05) is 30.3 Å². The van der Waals surface area contributed by atoms with Gasteiger partial charge >= 0.3 is 0 Å². The predicted octanol–water partition coefficient (Wildman–Crippen LogP) is 3.83. The van der Waals surface area contributed by atoms with E-state index in [1.807, 2.05) is 54.3 Å². The summed E-state index contributed by atoms with van der Waals surface area (Å²) in [5.74, 6) is 2.02. The van der Waals surface area contributed by atoms with E-state index in [0.717, 1.165) is 61.4 Å². The largest absolute Gasteiger partial charge is 0.497 e. The summed E-state index contributed by atoms with van der Waals surface area (Å²) in [5, 5.41) is 2.99. The maximum absolute atomic E-state index is 12.9. The zero-order valence-corrected chi connectivity index (χ0v) is 18.2. The molecule has 31 heavy (non-hydrogen) atoms. The Labute approximate surface area is 183 Å². The van der Waals surface area contributed by atoms with Gasteiger partial charge in [-0.25, -0.2) is 0 Å². The van der Waals surface area contributed by atoms with Crippen LogP contribution in [0.15, 0.2) is 42.5 Å². The molecule has 1 saturated heterocycles. The highest BCUT2D eigenvalue weighted by atomic mass is 16.5. The van der Waals surface area contributed by atoms with Crippen LogP contribution in [0.4, 0.5) is 0 Å². The molecule has 2 aliphatic rings. The summed E-state index contributed by atoms with van der Waals surface area (Å²) in [6.07, 6.45) is 4.00. The van der Waals surface area contributed by atoms with Crippen molar-refractivity contribution < 1.29 is 19.1 Å². The van der Waals surface area contributed by atoms with E-state index in [0.29, 0.717) is 24.1 Å². The van der Waals surface area contributed by atoms with Gasteiger partial charge in [-0.3, -0.25) is 9.59 Å². The number of carbonyl (C=O) groups excluding carboxylic acids is 2. The normalized spacial score (nSPS) is 16.6. The number of hydrogen-bond acceptors (Lipinski definition) is 4. The van der Waals surface area contributed by atoms with Gasteiger partial charge in [0.15, 0.2) is 0 Å². The number of ether oxygens (including phenoxy) is 2. The lowest BCUT2D eigenvalue weighted by atomic mass is 9.96. The van der Waals surface area contributed by atoms with E-state index in [-0.39, 0.29) is 11.8 Å². The summed E-state index contributed by atoms with van der Waals surface area (Å²) in [5.41, 5.74) is 2.34. The number of hydrogen-bond donors (Lipinski definition) is 1. The van der Waals surface area contributed by atoms with Crippen LogP contribution >= 0.6 is 0 Å². The van der Waals surface area contributed by atoms with E-state index in [1.165, 1.54) is 0 Å². The molecular formula is C25H30N2O4. The molecular weight excluding hydrogens is 392 g/mol. The van der Waals surface area contributed by atoms with Crippen LogP contribution in [0.1, 0.15) is 52.0 Å². The SMILES string of the molecule is COc1ccc(C(=O)N2CCC(COc3ccc(C(=O)NC4CC4)cc3)CC2)c(C)c1. The summed E-state index contributed by atoms with van der Waals surface area (Å²) in [4.78, 5) is 26.9. The Bertz CT molecular complexity index is 929. The van der Waals surface area contributed by atoms with E-state index in [9.17, 15) is 9.59 Å². The number of carbonyl (C=O) groups is 2. The molecule has 0 bridgehead atoms. The first-order valence-electron chi connectivity index (χ1n) is 11.0. The second kappa shape index (κ2) is 9.41. The number of amides is 2. The first-order chi connectivity index (χ1) is 15.0. The first kappa shape index (κ1) is 21.2. The van der Waals surface area contributed by atoms with Crippen molar-refractivity contribution in [2.45, 2.75) is 38.6 Å². The fraction of sp³-hybridized carbons (Fsp3) is 0.440. The van der Waals surface area contributed by atoms with Crippen LogP contribution in [0.2, 0.25) is 0 Å². The van der Waals surface area contributed by atoms with Crippen molar-refractivity contribution in [2.75, 3.05) is 26.8 Å².